The summed E-state index contributed by atoms with van der Waals surface area (Å²) < 4.78 is 13.1. The lowest BCUT2D eigenvalue weighted by atomic mass is 10.1. The Morgan fingerprint density at radius 2 is 1.83 bits per heavy atom. The van der Waals surface area contributed by atoms with E-state index < -0.39 is 0 Å². The average molecular weight is 478 g/mol. The number of carbonyl (C=O) groups excluding carboxylic acids is 2. The van der Waals surface area contributed by atoms with Gasteiger partial charge in [-0.15, -0.1) is 0 Å². The molecule has 184 valence electrons. The number of nitrogens with zero attached hydrogens (tertiary/aromatic N) is 5. The molecule has 0 N–H and O–H groups in total. The zero-order valence-electron chi connectivity index (χ0n) is 20.2. The third-order valence-corrected chi connectivity index (χ3v) is 6.03. The van der Waals surface area contributed by atoms with Crippen LogP contribution in [0.3, 0.4) is 0 Å². The molecular weight excluding hydrogens is 446 g/mol. The van der Waals surface area contributed by atoms with Crippen molar-refractivity contribution < 1.29 is 19.1 Å². The molecule has 0 saturated carbocycles. The molecule has 1 atom stereocenters. The summed E-state index contributed by atoms with van der Waals surface area (Å²) in [5, 5.41) is 4.20. The Bertz CT molecular complexity index is 1120. The second-order valence-electron chi connectivity index (χ2n) is 8.71. The highest BCUT2D eigenvalue weighted by Gasteiger charge is 2.31. The first-order valence-electron chi connectivity index (χ1n) is 11.7. The fourth-order valence-corrected chi connectivity index (χ4v) is 4.10. The number of methoxy groups -OCH3 is 1. The number of aryl methyl sites for hydroxylation is 2. The average Bonchev–Trinajstić information content (AvgIpc) is 3.22. The molecule has 0 spiro atoms. The fraction of sp³-hybridized carbons (Fsp3) is 0.385. The van der Waals surface area contributed by atoms with Gasteiger partial charge in [0.25, 0.3) is 0 Å². The number of carbonyl (C=O) groups is 2. The lowest BCUT2D eigenvalue weighted by Gasteiger charge is -2.24. The van der Waals surface area contributed by atoms with Crippen molar-refractivity contribution in [1.29, 1.82) is 0 Å². The van der Waals surface area contributed by atoms with Crippen LogP contribution in [-0.4, -0.2) is 69.2 Å². The van der Waals surface area contributed by atoms with Gasteiger partial charge in [-0.2, -0.15) is 5.10 Å². The topological polar surface area (TPSA) is 89.8 Å². The van der Waals surface area contributed by atoms with Gasteiger partial charge in [-0.25, -0.2) is 0 Å². The third kappa shape index (κ3) is 6.89. The first-order chi connectivity index (χ1) is 17.0. The molecule has 35 heavy (non-hydrogen) atoms. The third-order valence-electron chi connectivity index (χ3n) is 6.03. The van der Waals surface area contributed by atoms with Crippen LogP contribution in [0.4, 0.5) is 0 Å². The van der Waals surface area contributed by atoms with Crippen LogP contribution < -0.4 is 4.74 Å². The van der Waals surface area contributed by atoms with Crippen molar-refractivity contribution in [1.82, 2.24) is 24.6 Å². The fourth-order valence-electron chi connectivity index (χ4n) is 4.10. The van der Waals surface area contributed by atoms with E-state index in [1.54, 1.807) is 40.2 Å². The van der Waals surface area contributed by atoms with Crippen molar-refractivity contribution in [2.75, 3.05) is 26.7 Å². The first kappa shape index (κ1) is 24.4. The number of hydrogen-bond acceptors (Lipinski definition) is 6. The summed E-state index contributed by atoms with van der Waals surface area (Å²) in [4.78, 5) is 33.7. The molecular formula is C26H31N5O4. The molecule has 1 fully saturated rings. The molecule has 9 heteroatoms. The van der Waals surface area contributed by atoms with E-state index >= 15 is 0 Å². The van der Waals surface area contributed by atoms with Crippen LogP contribution in [0.1, 0.15) is 23.1 Å². The van der Waals surface area contributed by atoms with Crippen molar-refractivity contribution in [2.45, 2.75) is 32.1 Å². The summed E-state index contributed by atoms with van der Waals surface area (Å²) in [6, 6.07) is 11.5. The molecule has 9 nitrogen and oxygen atoms in total. The molecule has 1 saturated heterocycles. The maximum Gasteiger partial charge on any atom is 0.242 e. The number of amides is 2. The largest absolute Gasteiger partial charge is 0.497 e. The van der Waals surface area contributed by atoms with Crippen LogP contribution in [-0.2, 0) is 40.9 Å². The lowest BCUT2D eigenvalue weighted by Crippen LogP contribution is -2.39. The molecule has 0 radical (unpaired) electrons. The van der Waals surface area contributed by atoms with Crippen LogP contribution in [0.5, 0.6) is 5.75 Å². The van der Waals surface area contributed by atoms with E-state index in [-0.39, 0.29) is 24.5 Å². The highest BCUT2D eigenvalue weighted by molar-refractivity contribution is 5.85. The number of hydrogen-bond donors (Lipinski definition) is 0. The van der Waals surface area contributed by atoms with Gasteiger partial charge in [0, 0.05) is 57.3 Å². The zero-order chi connectivity index (χ0) is 24.6. The van der Waals surface area contributed by atoms with Crippen LogP contribution in [0.15, 0.2) is 61.2 Å². The quantitative estimate of drug-likeness (QED) is 0.470. The van der Waals surface area contributed by atoms with E-state index in [0.29, 0.717) is 39.1 Å². The predicted octanol–water partition coefficient (Wildman–Crippen LogP) is 2.21. The Kier molecular flexibility index (Phi) is 8.10. The minimum atomic E-state index is -0.309. The minimum Gasteiger partial charge on any atom is -0.497 e. The first-order valence-corrected chi connectivity index (χ1v) is 11.7. The van der Waals surface area contributed by atoms with Crippen molar-refractivity contribution in [3.05, 3.63) is 77.9 Å². The summed E-state index contributed by atoms with van der Waals surface area (Å²) in [5.74, 6) is 0.623. The van der Waals surface area contributed by atoms with Crippen LogP contribution in [0, 0.1) is 0 Å². The van der Waals surface area contributed by atoms with Gasteiger partial charge in [-0.1, -0.05) is 12.1 Å². The van der Waals surface area contributed by atoms with E-state index in [4.69, 9.17) is 9.47 Å². The molecule has 1 unspecified atom stereocenters. The lowest BCUT2D eigenvalue weighted by molar-refractivity contribution is -0.139. The van der Waals surface area contributed by atoms with Gasteiger partial charge in [-0.05, 0) is 41.8 Å². The summed E-state index contributed by atoms with van der Waals surface area (Å²) in [5.41, 5.74) is 2.98. The monoisotopic (exact) mass is 477 g/mol. The summed E-state index contributed by atoms with van der Waals surface area (Å²) in [6.07, 6.45) is 7.69. The number of aromatic nitrogens is 3. The van der Waals surface area contributed by atoms with Crippen LogP contribution >= 0.6 is 0 Å². The van der Waals surface area contributed by atoms with Gasteiger partial charge in [0.15, 0.2) is 0 Å². The van der Waals surface area contributed by atoms with Gasteiger partial charge in [0.05, 0.1) is 32.6 Å². The SMILES string of the molecule is COc1ccc(CCC(=O)N2CC(=O)N(Cc3cnn(C)c3)CC(OCc3ccncc3)C2)cc1. The molecule has 0 bridgehead atoms. The summed E-state index contributed by atoms with van der Waals surface area (Å²) in [7, 11) is 3.47. The highest BCUT2D eigenvalue weighted by atomic mass is 16.5. The molecule has 0 aliphatic carbocycles. The highest BCUT2D eigenvalue weighted by Crippen LogP contribution is 2.17. The van der Waals surface area contributed by atoms with Crippen LogP contribution in [0.25, 0.3) is 0 Å². The molecule has 4 rings (SSSR count). The zero-order valence-corrected chi connectivity index (χ0v) is 20.2. The van der Waals surface area contributed by atoms with Gasteiger partial charge >= 0.3 is 0 Å². The number of rotatable bonds is 9. The Morgan fingerprint density at radius 1 is 1.06 bits per heavy atom. The van der Waals surface area contributed by atoms with Crippen molar-refractivity contribution >= 4 is 11.8 Å². The molecule has 2 aromatic heterocycles. The normalized spacial score (nSPS) is 16.3. The standard InChI is InChI=1S/C26H31N5O4/c1-29-14-22(13-28-29)15-30-16-24(35-19-21-9-11-27-12-10-21)17-31(18-26(30)33)25(32)8-5-20-3-6-23(34-2)7-4-20/h3-4,6-7,9-14,24H,5,8,15-19H2,1-2H3. The van der Waals surface area contributed by atoms with E-state index in [1.807, 2.05) is 49.6 Å². The van der Waals surface area contributed by atoms with Crippen molar-refractivity contribution in [2.24, 2.45) is 7.05 Å². The Hall–Kier alpha value is -3.72. The number of pyridine rings is 1. The Labute approximate surface area is 205 Å². The molecule has 1 aliphatic heterocycles. The van der Waals surface area contributed by atoms with E-state index in [1.165, 1.54) is 0 Å². The van der Waals surface area contributed by atoms with E-state index in [9.17, 15) is 9.59 Å². The van der Waals surface area contributed by atoms with Gasteiger partial charge in [0.1, 0.15) is 5.75 Å². The molecule has 1 aromatic carbocycles. The Morgan fingerprint density at radius 3 is 2.51 bits per heavy atom. The maximum atomic E-state index is 13.1. The summed E-state index contributed by atoms with van der Waals surface area (Å²) in [6.45, 7) is 1.62. The maximum absolute atomic E-state index is 13.1. The summed E-state index contributed by atoms with van der Waals surface area (Å²) >= 11 is 0. The second-order valence-corrected chi connectivity index (χ2v) is 8.71. The molecule has 1 aliphatic rings. The van der Waals surface area contributed by atoms with Crippen LogP contribution in [0.2, 0.25) is 0 Å². The second kappa shape index (κ2) is 11.6. The number of benzene rings is 1. The van der Waals surface area contributed by atoms with Gasteiger partial charge < -0.3 is 19.3 Å². The van der Waals surface area contributed by atoms with Crippen molar-refractivity contribution in [3.63, 3.8) is 0 Å². The smallest absolute Gasteiger partial charge is 0.242 e. The molecule has 2 amide bonds. The minimum absolute atomic E-state index is 0.0385. The predicted molar refractivity (Wildman–Crippen MR) is 129 cm³/mol. The molecule has 3 aromatic rings. The van der Waals surface area contributed by atoms with Crippen molar-refractivity contribution in [3.8, 4) is 5.75 Å². The molecule has 3 heterocycles. The van der Waals surface area contributed by atoms with Gasteiger partial charge in [-0.3, -0.25) is 19.3 Å². The number of ether oxygens (including phenoxy) is 2. The Balaban J connectivity index is 1.43. The van der Waals surface area contributed by atoms with E-state index in [0.717, 1.165) is 22.4 Å². The van der Waals surface area contributed by atoms with Gasteiger partial charge in [0.2, 0.25) is 11.8 Å². The van der Waals surface area contributed by atoms with E-state index in [2.05, 4.69) is 10.1 Å².